The topological polar surface area (TPSA) is 113 Å². The number of nitrogens with zero attached hydrogens (tertiary/aromatic N) is 4. The van der Waals surface area contributed by atoms with Gasteiger partial charge in [-0.2, -0.15) is 5.10 Å². The van der Waals surface area contributed by atoms with Crippen LogP contribution in [0.2, 0.25) is 0 Å². The van der Waals surface area contributed by atoms with Crippen molar-refractivity contribution < 1.29 is 9.90 Å². The molecule has 0 fully saturated rings. The van der Waals surface area contributed by atoms with E-state index >= 15 is 0 Å². The number of rotatable bonds is 2. The summed E-state index contributed by atoms with van der Waals surface area (Å²) in [5.74, 6) is -0.749. The van der Waals surface area contributed by atoms with E-state index in [-0.39, 0.29) is 23.6 Å². The number of carbonyl (C=O) groups is 1. The molecule has 0 bridgehead atoms. The van der Waals surface area contributed by atoms with Crippen LogP contribution in [0, 0.1) is 0 Å². The van der Waals surface area contributed by atoms with E-state index in [1.165, 1.54) is 26.0 Å². The summed E-state index contributed by atoms with van der Waals surface area (Å²) >= 11 is 0. The Bertz CT molecular complexity index is 1260. The number of amides is 1. The van der Waals surface area contributed by atoms with Crippen molar-refractivity contribution in [2.45, 2.75) is 19.4 Å². The Morgan fingerprint density at radius 1 is 1.21 bits per heavy atom. The van der Waals surface area contributed by atoms with Crippen LogP contribution < -0.4 is 11.2 Å². The minimum Gasteiger partial charge on any atom is -0.494 e. The number of fused-ring (bicyclic) bond motifs is 1. The van der Waals surface area contributed by atoms with E-state index in [0.29, 0.717) is 0 Å². The van der Waals surface area contributed by atoms with Crippen LogP contribution in [0.4, 0.5) is 0 Å². The lowest BCUT2D eigenvalue weighted by atomic mass is 9.98. The van der Waals surface area contributed by atoms with E-state index in [4.69, 9.17) is 0 Å². The highest BCUT2D eigenvalue weighted by Gasteiger charge is 2.35. The molecule has 1 amide bonds. The number of carbonyl (C=O) groups excluding carboxylic acids is 1. The fourth-order valence-electron chi connectivity index (χ4n) is 3.65. The molecule has 1 atom stereocenters. The molecule has 1 aliphatic rings. The first-order valence-corrected chi connectivity index (χ1v) is 8.74. The van der Waals surface area contributed by atoms with Crippen molar-refractivity contribution in [2.24, 2.45) is 19.2 Å². The van der Waals surface area contributed by atoms with Crippen LogP contribution in [0.15, 0.2) is 45.2 Å². The molecule has 28 heavy (non-hydrogen) atoms. The second-order valence-corrected chi connectivity index (χ2v) is 6.82. The molecule has 9 nitrogen and oxygen atoms in total. The first-order valence-electron chi connectivity index (χ1n) is 8.74. The summed E-state index contributed by atoms with van der Waals surface area (Å²) < 4.78 is 1.89. The molecule has 0 saturated heterocycles. The second-order valence-electron chi connectivity index (χ2n) is 6.82. The van der Waals surface area contributed by atoms with Gasteiger partial charge in [0.05, 0.1) is 11.8 Å². The first kappa shape index (κ1) is 17.8. The van der Waals surface area contributed by atoms with Crippen molar-refractivity contribution in [2.75, 3.05) is 0 Å². The molecular formula is C19H19N5O4. The lowest BCUT2D eigenvalue weighted by Crippen LogP contribution is -2.39. The SMILES string of the molecule is CC(=O)N1N=C(c2c(O)n(C)c(=O)n(C)c2=O)CC1c1c[nH]c2ccccc12. The zero-order chi connectivity index (χ0) is 20.2. The summed E-state index contributed by atoms with van der Waals surface area (Å²) in [5.41, 5.74) is 0.697. The van der Waals surface area contributed by atoms with Gasteiger partial charge in [0.1, 0.15) is 5.56 Å². The van der Waals surface area contributed by atoms with Gasteiger partial charge >= 0.3 is 5.69 Å². The molecule has 2 N–H and O–H groups in total. The van der Waals surface area contributed by atoms with Crippen LogP contribution in [-0.4, -0.2) is 35.9 Å². The quantitative estimate of drug-likeness (QED) is 0.689. The van der Waals surface area contributed by atoms with Crippen LogP contribution in [-0.2, 0) is 18.9 Å². The van der Waals surface area contributed by atoms with Crippen LogP contribution >= 0.6 is 0 Å². The maximum absolute atomic E-state index is 12.6. The standard InChI is InChI=1S/C19H19N5O4/c1-10(25)24-15(12-9-20-13-7-5-4-6-11(12)13)8-14(21-24)16-17(26)22(2)19(28)23(3)18(16)27/h4-7,9,15,20,26H,8H2,1-3H3. The van der Waals surface area contributed by atoms with E-state index in [0.717, 1.165) is 25.6 Å². The normalized spacial score (nSPS) is 16.6. The predicted molar refractivity (Wildman–Crippen MR) is 103 cm³/mol. The van der Waals surface area contributed by atoms with Crippen molar-refractivity contribution in [3.05, 3.63) is 62.4 Å². The van der Waals surface area contributed by atoms with E-state index in [1.807, 2.05) is 30.5 Å². The van der Waals surface area contributed by atoms with Gasteiger partial charge in [0, 0.05) is 50.1 Å². The fraction of sp³-hybridized carbons (Fsp3) is 0.263. The number of aromatic amines is 1. The number of hydrazone groups is 1. The molecule has 2 aromatic heterocycles. The molecule has 3 heterocycles. The molecule has 9 heteroatoms. The van der Waals surface area contributed by atoms with Gasteiger partial charge in [0.15, 0.2) is 0 Å². The average molecular weight is 381 g/mol. The molecule has 4 rings (SSSR count). The Labute approximate surface area is 159 Å². The van der Waals surface area contributed by atoms with Crippen molar-refractivity contribution in [3.63, 3.8) is 0 Å². The summed E-state index contributed by atoms with van der Waals surface area (Å²) in [5, 5.41) is 17.0. The van der Waals surface area contributed by atoms with Crippen molar-refractivity contribution >= 4 is 22.5 Å². The highest BCUT2D eigenvalue weighted by atomic mass is 16.3. The zero-order valence-corrected chi connectivity index (χ0v) is 15.6. The molecule has 0 spiro atoms. The Morgan fingerprint density at radius 3 is 2.64 bits per heavy atom. The Balaban J connectivity index is 1.87. The highest BCUT2D eigenvalue weighted by Crippen LogP contribution is 2.36. The summed E-state index contributed by atoms with van der Waals surface area (Å²) in [6.45, 7) is 1.40. The average Bonchev–Trinajstić information content (AvgIpc) is 3.29. The van der Waals surface area contributed by atoms with Gasteiger partial charge < -0.3 is 10.1 Å². The van der Waals surface area contributed by atoms with Gasteiger partial charge in [-0.1, -0.05) is 18.2 Å². The highest BCUT2D eigenvalue weighted by molar-refractivity contribution is 6.04. The molecule has 0 aliphatic carbocycles. The van der Waals surface area contributed by atoms with E-state index < -0.39 is 23.2 Å². The van der Waals surface area contributed by atoms with E-state index in [9.17, 15) is 19.5 Å². The van der Waals surface area contributed by atoms with Crippen molar-refractivity contribution in [1.29, 1.82) is 0 Å². The number of hydrogen-bond donors (Lipinski definition) is 2. The Morgan fingerprint density at radius 2 is 1.93 bits per heavy atom. The van der Waals surface area contributed by atoms with Crippen molar-refractivity contribution in [3.8, 4) is 5.88 Å². The third kappa shape index (κ3) is 2.47. The molecule has 0 saturated carbocycles. The number of benzene rings is 1. The summed E-state index contributed by atoms with van der Waals surface area (Å²) in [6.07, 6.45) is 2.06. The van der Waals surface area contributed by atoms with Gasteiger partial charge in [-0.3, -0.25) is 18.7 Å². The number of nitrogens with one attached hydrogen (secondary N) is 1. The number of H-pyrrole nitrogens is 1. The second kappa shape index (κ2) is 6.22. The molecule has 3 aromatic rings. The zero-order valence-electron chi connectivity index (χ0n) is 15.6. The van der Waals surface area contributed by atoms with Crippen LogP contribution in [0.3, 0.4) is 0 Å². The van der Waals surface area contributed by atoms with Crippen LogP contribution in [0.1, 0.15) is 30.5 Å². The summed E-state index contributed by atoms with van der Waals surface area (Å²) in [4.78, 5) is 40.0. The van der Waals surface area contributed by atoms with Crippen LogP contribution in [0.5, 0.6) is 5.88 Å². The maximum Gasteiger partial charge on any atom is 0.333 e. The minimum absolute atomic E-state index is 0.0711. The largest absolute Gasteiger partial charge is 0.494 e. The number of para-hydroxylation sites is 1. The summed E-state index contributed by atoms with van der Waals surface area (Å²) in [6, 6.07) is 7.27. The third-order valence-electron chi connectivity index (χ3n) is 5.14. The first-order chi connectivity index (χ1) is 13.3. The lowest BCUT2D eigenvalue weighted by molar-refractivity contribution is -0.130. The summed E-state index contributed by atoms with van der Waals surface area (Å²) in [7, 11) is 2.71. The van der Waals surface area contributed by atoms with Crippen molar-refractivity contribution in [1.82, 2.24) is 19.1 Å². The molecule has 0 radical (unpaired) electrons. The molecule has 1 aliphatic heterocycles. The molecule has 1 aromatic carbocycles. The molecule has 144 valence electrons. The Kier molecular flexibility index (Phi) is 3.95. The van der Waals surface area contributed by atoms with E-state index in [1.54, 1.807) is 0 Å². The smallest absolute Gasteiger partial charge is 0.333 e. The van der Waals surface area contributed by atoms with Gasteiger partial charge in [-0.15, -0.1) is 0 Å². The number of hydrogen-bond acceptors (Lipinski definition) is 5. The van der Waals surface area contributed by atoms with Gasteiger partial charge in [0.2, 0.25) is 11.8 Å². The van der Waals surface area contributed by atoms with Gasteiger partial charge in [-0.05, 0) is 6.07 Å². The predicted octanol–water partition coefficient (Wildman–Crippen LogP) is 0.968. The number of aromatic nitrogens is 3. The molecular weight excluding hydrogens is 362 g/mol. The Hall–Kier alpha value is -3.62. The fourth-order valence-corrected chi connectivity index (χ4v) is 3.65. The molecule has 1 unspecified atom stereocenters. The van der Waals surface area contributed by atoms with Crippen LogP contribution in [0.25, 0.3) is 10.9 Å². The van der Waals surface area contributed by atoms with E-state index in [2.05, 4.69) is 10.1 Å². The minimum atomic E-state index is -0.651. The maximum atomic E-state index is 12.6. The van der Waals surface area contributed by atoms with Gasteiger partial charge in [-0.25, -0.2) is 9.80 Å². The third-order valence-corrected chi connectivity index (χ3v) is 5.14. The van der Waals surface area contributed by atoms with Gasteiger partial charge in [0.25, 0.3) is 5.56 Å². The number of aromatic hydroxyl groups is 1. The lowest BCUT2D eigenvalue weighted by Gasteiger charge is -2.19. The monoisotopic (exact) mass is 381 g/mol.